The molecule has 176 valence electrons. The molecular formula is C23H30FN7O2. The first-order valence-electron chi connectivity index (χ1n) is 11.7. The van der Waals surface area contributed by atoms with Crippen molar-refractivity contribution in [3.8, 4) is 5.75 Å². The zero-order valence-corrected chi connectivity index (χ0v) is 19.1. The van der Waals surface area contributed by atoms with Gasteiger partial charge in [0.05, 0.1) is 19.8 Å². The minimum Gasteiger partial charge on any atom is -0.494 e. The Morgan fingerprint density at radius 1 is 1.12 bits per heavy atom. The van der Waals surface area contributed by atoms with Gasteiger partial charge in [-0.05, 0) is 37.8 Å². The molecule has 1 unspecified atom stereocenters. The zero-order chi connectivity index (χ0) is 22.9. The van der Waals surface area contributed by atoms with Crippen LogP contribution < -0.4 is 19.9 Å². The number of nitrogens with zero attached hydrogens (tertiary/aromatic N) is 6. The number of halogens is 1. The lowest BCUT2D eigenvalue weighted by atomic mass is 9.95. The van der Waals surface area contributed by atoms with Crippen molar-refractivity contribution in [1.82, 2.24) is 19.9 Å². The molecule has 3 heterocycles. The van der Waals surface area contributed by atoms with E-state index in [1.807, 2.05) is 7.05 Å². The number of ether oxygens (including phenoxy) is 1. The van der Waals surface area contributed by atoms with Crippen LogP contribution in [0.15, 0.2) is 18.2 Å². The second-order valence-corrected chi connectivity index (χ2v) is 9.01. The monoisotopic (exact) mass is 455 g/mol. The second kappa shape index (κ2) is 9.09. The fraction of sp³-hybridized carbons (Fsp3) is 0.565. The normalized spacial score (nSPS) is 21.4. The molecule has 0 radical (unpaired) electrons. The van der Waals surface area contributed by atoms with Gasteiger partial charge in [-0.15, -0.1) is 0 Å². The molecule has 2 aromatic rings. The Kier molecular flexibility index (Phi) is 6.01. The van der Waals surface area contributed by atoms with Gasteiger partial charge in [-0.2, -0.15) is 15.0 Å². The number of amides is 1. The quantitative estimate of drug-likeness (QED) is 0.710. The van der Waals surface area contributed by atoms with Crippen LogP contribution in [-0.2, 0) is 4.79 Å². The SMILES string of the molecule is COc1ccc(Nc2nc(N3CN4CCCC4C3=O)nc(N(C)C3CCCCC3)n2)cc1F. The van der Waals surface area contributed by atoms with E-state index < -0.39 is 5.82 Å². The Hall–Kier alpha value is -3.01. The standard InChI is InChI=1S/C23H30FN7O2/c1-29(16-7-4-3-5-8-16)22-26-21(25-15-10-11-19(33-2)17(24)13-15)27-23(28-22)31-14-30-12-6-9-18(30)20(31)32/h10-11,13,16,18H,3-9,12,14H2,1-2H3,(H,25,26,27,28). The summed E-state index contributed by atoms with van der Waals surface area (Å²) in [5.74, 6) is 0.847. The minimum absolute atomic E-state index is 0.0337. The topological polar surface area (TPSA) is 86.7 Å². The van der Waals surface area contributed by atoms with Crippen molar-refractivity contribution >= 4 is 29.4 Å². The summed E-state index contributed by atoms with van der Waals surface area (Å²) in [7, 11) is 3.42. The van der Waals surface area contributed by atoms with Crippen LogP contribution in [0, 0.1) is 5.82 Å². The highest BCUT2D eigenvalue weighted by Crippen LogP contribution is 2.31. The fourth-order valence-corrected chi connectivity index (χ4v) is 5.06. The van der Waals surface area contributed by atoms with Crippen molar-refractivity contribution in [3.05, 3.63) is 24.0 Å². The number of hydrogen-bond donors (Lipinski definition) is 1. The number of nitrogens with one attached hydrogen (secondary N) is 1. The van der Waals surface area contributed by atoms with E-state index in [-0.39, 0.29) is 23.6 Å². The number of rotatable bonds is 6. The summed E-state index contributed by atoms with van der Waals surface area (Å²) in [6.07, 6.45) is 7.69. The Balaban J connectivity index is 1.47. The predicted molar refractivity (Wildman–Crippen MR) is 123 cm³/mol. The molecule has 1 N–H and O–H groups in total. The van der Waals surface area contributed by atoms with E-state index in [1.165, 1.54) is 32.4 Å². The van der Waals surface area contributed by atoms with Crippen LogP contribution in [0.1, 0.15) is 44.9 Å². The van der Waals surface area contributed by atoms with Crippen LogP contribution in [0.25, 0.3) is 0 Å². The van der Waals surface area contributed by atoms with Crippen LogP contribution in [0.3, 0.4) is 0 Å². The third-order valence-electron chi connectivity index (χ3n) is 6.94. The van der Waals surface area contributed by atoms with Crippen LogP contribution in [0.4, 0.5) is 27.9 Å². The Bertz CT molecular complexity index is 1030. The molecule has 33 heavy (non-hydrogen) atoms. The molecule has 0 spiro atoms. The molecule has 10 heteroatoms. The average molecular weight is 456 g/mol. The summed E-state index contributed by atoms with van der Waals surface area (Å²) >= 11 is 0. The van der Waals surface area contributed by atoms with E-state index in [2.05, 4.69) is 25.1 Å². The molecule has 1 aliphatic carbocycles. The first-order chi connectivity index (χ1) is 16.0. The number of hydrogen-bond acceptors (Lipinski definition) is 8. The summed E-state index contributed by atoms with van der Waals surface area (Å²) in [5.41, 5.74) is 0.491. The van der Waals surface area contributed by atoms with Gasteiger partial charge in [-0.25, -0.2) is 4.39 Å². The number of carbonyl (C=O) groups is 1. The lowest BCUT2D eigenvalue weighted by molar-refractivity contribution is -0.119. The largest absolute Gasteiger partial charge is 0.494 e. The number of anilines is 4. The Morgan fingerprint density at radius 2 is 1.94 bits per heavy atom. The number of methoxy groups -OCH3 is 1. The minimum atomic E-state index is -0.480. The molecule has 1 aromatic heterocycles. The zero-order valence-electron chi connectivity index (χ0n) is 19.1. The summed E-state index contributed by atoms with van der Waals surface area (Å²) in [6.45, 7) is 1.39. The third kappa shape index (κ3) is 4.31. The van der Waals surface area contributed by atoms with Gasteiger partial charge >= 0.3 is 0 Å². The highest BCUT2D eigenvalue weighted by atomic mass is 19.1. The van der Waals surface area contributed by atoms with Gasteiger partial charge in [-0.1, -0.05) is 19.3 Å². The molecule has 1 aromatic carbocycles. The maximum Gasteiger partial charge on any atom is 0.247 e. The van der Waals surface area contributed by atoms with E-state index in [1.54, 1.807) is 17.0 Å². The van der Waals surface area contributed by atoms with Crippen molar-refractivity contribution in [3.63, 3.8) is 0 Å². The summed E-state index contributed by atoms with van der Waals surface area (Å²) in [5, 5.41) is 3.09. The molecule has 1 saturated carbocycles. The molecule has 2 aliphatic heterocycles. The van der Waals surface area contributed by atoms with Gasteiger partial charge in [0.15, 0.2) is 11.6 Å². The molecule has 3 fully saturated rings. The highest BCUT2D eigenvalue weighted by Gasteiger charge is 2.43. The molecule has 9 nitrogen and oxygen atoms in total. The number of aromatic nitrogens is 3. The number of carbonyl (C=O) groups excluding carboxylic acids is 1. The number of benzene rings is 1. The summed E-state index contributed by atoms with van der Waals surface area (Å²) in [4.78, 5) is 32.8. The van der Waals surface area contributed by atoms with Crippen molar-refractivity contribution in [2.45, 2.75) is 57.0 Å². The van der Waals surface area contributed by atoms with Gasteiger partial charge in [-0.3, -0.25) is 14.6 Å². The van der Waals surface area contributed by atoms with Gasteiger partial charge in [0.2, 0.25) is 23.8 Å². The molecule has 5 rings (SSSR count). The molecule has 2 saturated heterocycles. The van der Waals surface area contributed by atoms with E-state index in [0.29, 0.717) is 30.3 Å². The lowest BCUT2D eigenvalue weighted by Gasteiger charge is -2.31. The van der Waals surface area contributed by atoms with Gasteiger partial charge < -0.3 is 15.0 Å². The van der Waals surface area contributed by atoms with Crippen molar-refractivity contribution in [2.24, 2.45) is 0 Å². The van der Waals surface area contributed by atoms with Crippen LogP contribution in [0.2, 0.25) is 0 Å². The highest BCUT2D eigenvalue weighted by molar-refractivity contribution is 5.98. The first-order valence-corrected chi connectivity index (χ1v) is 11.7. The van der Waals surface area contributed by atoms with Gasteiger partial charge in [0.1, 0.15) is 0 Å². The molecule has 1 atom stereocenters. The fourth-order valence-electron chi connectivity index (χ4n) is 5.06. The molecule has 0 bridgehead atoms. The molecular weight excluding hydrogens is 425 g/mol. The van der Waals surface area contributed by atoms with E-state index >= 15 is 0 Å². The van der Waals surface area contributed by atoms with E-state index in [0.717, 1.165) is 32.2 Å². The van der Waals surface area contributed by atoms with Gasteiger partial charge in [0, 0.05) is 31.4 Å². The summed E-state index contributed by atoms with van der Waals surface area (Å²) < 4.78 is 19.2. The van der Waals surface area contributed by atoms with Crippen LogP contribution in [0.5, 0.6) is 5.75 Å². The van der Waals surface area contributed by atoms with Crippen molar-refractivity contribution in [1.29, 1.82) is 0 Å². The maximum absolute atomic E-state index is 14.2. The van der Waals surface area contributed by atoms with E-state index in [9.17, 15) is 9.18 Å². The summed E-state index contributed by atoms with van der Waals surface area (Å²) in [6, 6.07) is 4.84. The van der Waals surface area contributed by atoms with Crippen LogP contribution >= 0.6 is 0 Å². The van der Waals surface area contributed by atoms with Crippen molar-refractivity contribution < 1.29 is 13.9 Å². The Labute approximate surface area is 193 Å². The maximum atomic E-state index is 14.2. The van der Waals surface area contributed by atoms with E-state index in [4.69, 9.17) is 9.72 Å². The predicted octanol–water partition coefficient (Wildman–Crippen LogP) is 3.30. The molecule has 1 amide bonds. The Morgan fingerprint density at radius 3 is 2.67 bits per heavy atom. The van der Waals surface area contributed by atoms with Gasteiger partial charge in [0.25, 0.3) is 0 Å². The molecule has 3 aliphatic rings. The van der Waals surface area contributed by atoms with Crippen molar-refractivity contribution in [2.75, 3.05) is 42.5 Å². The van der Waals surface area contributed by atoms with Crippen LogP contribution in [-0.4, -0.2) is 65.2 Å². The first kappa shape index (κ1) is 21.8. The average Bonchev–Trinajstić information content (AvgIpc) is 3.42. The number of fused-ring (bicyclic) bond motifs is 1. The lowest BCUT2D eigenvalue weighted by Crippen LogP contribution is -2.36. The second-order valence-electron chi connectivity index (χ2n) is 9.01. The third-order valence-corrected chi connectivity index (χ3v) is 6.94. The smallest absolute Gasteiger partial charge is 0.247 e.